The molecule has 3 rings (SSSR count). The highest BCUT2D eigenvalue weighted by Gasteiger charge is 2.15. The maximum atomic E-state index is 11.0. The molecular formula is C14H15N3O2S. The summed E-state index contributed by atoms with van der Waals surface area (Å²) in [5, 5.41) is 3.05. The first kappa shape index (κ1) is 13.1. The van der Waals surface area contributed by atoms with Crippen LogP contribution in [0.15, 0.2) is 29.6 Å². The molecule has 0 spiro atoms. The van der Waals surface area contributed by atoms with Crippen molar-refractivity contribution in [1.29, 1.82) is 0 Å². The molecule has 5 nitrogen and oxygen atoms in total. The van der Waals surface area contributed by atoms with E-state index < -0.39 is 5.91 Å². The fourth-order valence-electron chi connectivity index (χ4n) is 2.10. The summed E-state index contributed by atoms with van der Waals surface area (Å²) in [5.74, 6) is -0.413. The predicted octanol–water partition coefficient (Wildman–Crippen LogP) is 1.75. The number of nitrogens with two attached hydrogens (primary N) is 1. The number of carbonyl (C=O) groups excluding carboxylic acids is 1. The van der Waals surface area contributed by atoms with Crippen molar-refractivity contribution in [1.82, 2.24) is 4.98 Å². The third-order valence-corrected chi connectivity index (χ3v) is 4.14. The van der Waals surface area contributed by atoms with Crippen molar-refractivity contribution < 1.29 is 9.53 Å². The predicted molar refractivity (Wildman–Crippen MR) is 79.1 cm³/mol. The minimum Gasteiger partial charge on any atom is -0.378 e. The summed E-state index contributed by atoms with van der Waals surface area (Å²) in [6.45, 7) is 3.27. The molecule has 1 amide bonds. The number of carbonyl (C=O) groups is 1. The Hall–Kier alpha value is -1.92. The molecule has 0 aliphatic carbocycles. The van der Waals surface area contributed by atoms with E-state index in [0.717, 1.165) is 42.7 Å². The first-order chi connectivity index (χ1) is 9.74. The highest BCUT2D eigenvalue weighted by molar-refractivity contribution is 7.14. The Kier molecular flexibility index (Phi) is 3.66. The second kappa shape index (κ2) is 5.60. The summed E-state index contributed by atoms with van der Waals surface area (Å²) in [6, 6.07) is 7.20. The number of aromatic nitrogens is 1. The molecule has 2 aromatic rings. The maximum absolute atomic E-state index is 11.0. The number of morpholine rings is 1. The molecule has 20 heavy (non-hydrogen) atoms. The number of primary amides is 1. The molecule has 104 valence electrons. The van der Waals surface area contributed by atoms with Gasteiger partial charge in [-0.25, -0.2) is 4.98 Å². The molecule has 6 heteroatoms. The van der Waals surface area contributed by atoms with Gasteiger partial charge in [0.25, 0.3) is 0 Å². The fourth-order valence-corrected chi connectivity index (χ4v) is 2.99. The van der Waals surface area contributed by atoms with Crippen LogP contribution >= 0.6 is 11.3 Å². The SMILES string of the molecule is NC(=O)c1ccc(-c2csc(N3CCOCC3)n2)cc1. The Morgan fingerprint density at radius 1 is 1.25 bits per heavy atom. The average Bonchev–Trinajstić information content (AvgIpc) is 2.98. The first-order valence-electron chi connectivity index (χ1n) is 6.42. The molecule has 1 aromatic heterocycles. The molecule has 1 saturated heterocycles. The summed E-state index contributed by atoms with van der Waals surface area (Å²) in [5.41, 5.74) is 7.66. The number of hydrogen-bond acceptors (Lipinski definition) is 5. The van der Waals surface area contributed by atoms with E-state index in [1.54, 1.807) is 23.5 Å². The van der Waals surface area contributed by atoms with Gasteiger partial charge in [0.2, 0.25) is 5.91 Å². The molecule has 0 radical (unpaired) electrons. The molecule has 0 bridgehead atoms. The van der Waals surface area contributed by atoms with E-state index in [1.165, 1.54) is 0 Å². The maximum Gasteiger partial charge on any atom is 0.248 e. The lowest BCUT2D eigenvalue weighted by Gasteiger charge is -2.26. The monoisotopic (exact) mass is 289 g/mol. The molecular weight excluding hydrogens is 274 g/mol. The van der Waals surface area contributed by atoms with E-state index in [0.29, 0.717) is 5.56 Å². The Morgan fingerprint density at radius 2 is 1.95 bits per heavy atom. The number of ether oxygens (including phenoxy) is 1. The van der Waals surface area contributed by atoms with E-state index in [4.69, 9.17) is 10.5 Å². The largest absolute Gasteiger partial charge is 0.378 e. The van der Waals surface area contributed by atoms with E-state index >= 15 is 0 Å². The summed E-state index contributed by atoms with van der Waals surface area (Å²) < 4.78 is 5.34. The van der Waals surface area contributed by atoms with E-state index in [9.17, 15) is 4.79 Å². The topological polar surface area (TPSA) is 68.5 Å². The van der Waals surface area contributed by atoms with Crippen LogP contribution in [0.25, 0.3) is 11.3 Å². The second-order valence-corrected chi connectivity index (χ2v) is 5.39. The number of anilines is 1. The van der Waals surface area contributed by atoms with Gasteiger partial charge >= 0.3 is 0 Å². The average molecular weight is 289 g/mol. The minimum atomic E-state index is -0.413. The van der Waals surface area contributed by atoms with Crippen molar-refractivity contribution in [2.24, 2.45) is 5.73 Å². The van der Waals surface area contributed by atoms with Gasteiger partial charge in [0, 0.05) is 29.6 Å². The number of nitrogens with zero attached hydrogens (tertiary/aromatic N) is 2. The smallest absolute Gasteiger partial charge is 0.248 e. The van der Waals surface area contributed by atoms with Crippen LogP contribution in [-0.2, 0) is 4.74 Å². The third-order valence-electron chi connectivity index (χ3n) is 3.24. The lowest BCUT2D eigenvalue weighted by Crippen LogP contribution is -2.36. The van der Waals surface area contributed by atoms with Gasteiger partial charge in [-0.2, -0.15) is 0 Å². The Balaban J connectivity index is 1.80. The van der Waals surface area contributed by atoms with Crippen LogP contribution < -0.4 is 10.6 Å². The molecule has 0 saturated carbocycles. The molecule has 0 atom stereocenters. The van der Waals surface area contributed by atoms with Gasteiger partial charge < -0.3 is 15.4 Å². The minimum absolute atomic E-state index is 0.413. The van der Waals surface area contributed by atoms with Crippen molar-refractivity contribution in [2.45, 2.75) is 0 Å². The lowest BCUT2D eigenvalue weighted by atomic mass is 10.1. The molecule has 2 heterocycles. The normalized spacial score (nSPS) is 15.3. The molecule has 1 fully saturated rings. The quantitative estimate of drug-likeness (QED) is 0.934. The van der Waals surface area contributed by atoms with Crippen LogP contribution in [0.3, 0.4) is 0 Å². The van der Waals surface area contributed by atoms with Crippen LogP contribution in [0.5, 0.6) is 0 Å². The Morgan fingerprint density at radius 3 is 2.60 bits per heavy atom. The number of hydrogen-bond donors (Lipinski definition) is 1. The summed E-state index contributed by atoms with van der Waals surface area (Å²) in [7, 11) is 0. The number of thiazole rings is 1. The molecule has 1 aliphatic heterocycles. The van der Waals surface area contributed by atoms with Gasteiger partial charge in [-0.1, -0.05) is 12.1 Å². The Labute approximate surface area is 121 Å². The van der Waals surface area contributed by atoms with Crippen LogP contribution in [0.4, 0.5) is 5.13 Å². The second-order valence-electron chi connectivity index (χ2n) is 4.56. The van der Waals surface area contributed by atoms with Crippen molar-refractivity contribution in [3.05, 3.63) is 35.2 Å². The van der Waals surface area contributed by atoms with Crippen molar-refractivity contribution >= 4 is 22.4 Å². The fraction of sp³-hybridized carbons (Fsp3) is 0.286. The highest BCUT2D eigenvalue weighted by Crippen LogP contribution is 2.28. The first-order valence-corrected chi connectivity index (χ1v) is 7.30. The van der Waals surface area contributed by atoms with Crippen molar-refractivity contribution in [3.63, 3.8) is 0 Å². The Bertz CT molecular complexity index is 603. The zero-order chi connectivity index (χ0) is 13.9. The molecule has 1 aromatic carbocycles. The van der Waals surface area contributed by atoms with Crippen LogP contribution in [-0.4, -0.2) is 37.2 Å². The van der Waals surface area contributed by atoms with Crippen LogP contribution in [0.1, 0.15) is 10.4 Å². The standard InChI is InChI=1S/C14H15N3O2S/c15-13(18)11-3-1-10(2-4-11)12-9-20-14(16-12)17-5-7-19-8-6-17/h1-4,9H,5-8H2,(H2,15,18). The van der Waals surface area contributed by atoms with Crippen LogP contribution in [0, 0.1) is 0 Å². The highest BCUT2D eigenvalue weighted by atomic mass is 32.1. The third kappa shape index (κ3) is 2.66. The van der Waals surface area contributed by atoms with E-state index in [2.05, 4.69) is 9.88 Å². The molecule has 1 aliphatic rings. The van der Waals surface area contributed by atoms with Gasteiger partial charge in [0.05, 0.1) is 18.9 Å². The van der Waals surface area contributed by atoms with Crippen molar-refractivity contribution in [3.8, 4) is 11.3 Å². The van der Waals surface area contributed by atoms with Crippen LogP contribution in [0.2, 0.25) is 0 Å². The summed E-state index contributed by atoms with van der Waals surface area (Å²) in [6.07, 6.45) is 0. The summed E-state index contributed by atoms with van der Waals surface area (Å²) in [4.78, 5) is 17.9. The number of amides is 1. The summed E-state index contributed by atoms with van der Waals surface area (Å²) >= 11 is 1.63. The van der Waals surface area contributed by atoms with E-state index in [1.807, 2.05) is 17.5 Å². The van der Waals surface area contributed by atoms with Gasteiger partial charge in [-0.15, -0.1) is 11.3 Å². The lowest BCUT2D eigenvalue weighted by molar-refractivity contribution is 0.100. The van der Waals surface area contributed by atoms with Gasteiger partial charge in [-0.05, 0) is 12.1 Å². The van der Waals surface area contributed by atoms with Gasteiger partial charge in [0.15, 0.2) is 5.13 Å². The molecule has 0 unspecified atom stereocenters. The number of benzene rings is 1. The van der Waals surface area contributed by atoms with Crippen molar-refractivity contribution in [2.75, 3.05) is 31.2 Å². The van der Waals surface area contributed by atoms with E-state index in [-0.39, 0.29) is 0 Å². The van der Waals surface area contributed by atoms with Gasteiger partial charge in [-0.3, -0.25) is 4.79 Å². The molecule has 2 N–H and O–H groups in total. The zero-order valence-electron chi connectivity index (χ0n) is 10.9. The number of rotatable bonds is 3. The zero-order valence-corrected chi connectivity index (χ0v) is 11.7. The van der Waals surface area contributed by atoms with Gasteiger partial charge in [0.1, 0.15) is 0 Å².